The average Bonchev–Trinajstić information content (AvgIpc) is 2.88. The second kappa shape index (κ2) is 12.2. The average molecular weight is 455 g/mol. The highest BCUT2D eigenvalue weighted by molar-refractivity contribution is 5.85. The van der Waals surface area contributed by atoms with E-state index in [2.05, 4.69) is 50.0 Å². The zero-order chi connectivity index (χ0) is 23.8. The van der Waals surface area contributed by atoms with Gasteiger partial charge in [0.25, 0.3) is 0 Å². The van der Waals surface area contributed by atoms with E-state index >= 15 is 0 Å². The third kappa shape index (κ3) is 6.50. The molecule has 1 aliphatic carbocycles. The van der Waals surface area contributed by atoms with Crippen molar-refractivity contribution in [2.45, 2.75) is 84.5 Å². The molecule has 0 spiro atoms. The molecule has 1 aliphatic rings. The molecule has 0 aliphatic heterocycles. The molecular weight excluding hydrogens is 415 g/mol. The van der Waals surface area contributed by atoms with Gasteiger partial charge in [-0.05, 0) is 71.9 Å². The van der Waals surface area contributed by atoms with Gasteiger partial charge < -0.3 is 0 Å². The Balaban J connectivity index is 1.31. The van der Waals surface area contributed by atoms with Crippen LogP contribution in [0.25, 0.3) is 10.8 Å². The largest absolute Gasteiger partial charge is 0.206 e. The molecule has 3 aromatic carbocycles. The van der Waals surface area contributed by atoms with E-state index in [0.717, 1.165) is 46.8 Å². The van der Waals surface area contributed by atoms with Crippen molar-refractivity contribution in [3.05, 3.63) is 82.7 Å². The van der Waals surface area contributed by atoms with Gasteiger partial charge in [0.1, 0.15) is 5.82 Å². The smallest absolute Gasteiger partial charge is 0.134 e. The Hall–Kier alpha value is -2.59. The van der Waals surface area contributed by atoms with Gasteiger partial charge in [-0.25, -0.2) is 4.39 Å². The molecule has 0 N–H and O–H groups in total. The Morgan fingerprint density at radius 3 is 2.12 bits per heavy atom. The highest BCUT2D eigenvalue weighted by Gasteiger charge is 2.20. The zero-order valence-corrected chi connectivity index (χ0v) is 21.0. The van der Waals surface area contributed by atoms with Crippen LogP contribution in [0.4, 0.5) is 4.39 Å². The second-order valence-corrected chi connectivity index (χ2v) is 10.2. The standard InChI is InChI=1S/C33H39F/c1-3-5-7-25-8-10-26(11-9-25)12-13-27-14-16-28(17-15-27)18-19-29-20-23-32-31(24-29)22-21-30(6-4-2)33(32)34/h14-17,20-26H,3-13H2,1-2H3. The molecule has 1 heteroatoms. The van der Waals surface area contributed by atoms with Crippen molar-refractivity contribution in [1.82, 2.24) is 0 Å². The van der Waals surface area contributed by atoms with Gasteiger partial charge in [-0.1, -0.05) is 107 Å². The molecular formula is C33H39F. The highest BCUT2D eigenvalue weighted by Crippen LogP contribution is 2.34. The van der Waals surface area contributed by atoms with Gasteiger partial charge in [0.15, 0.2) is 0 Å². The van der Waals surface area contributed by atoms with Crippen molar-refractivity contribution in [2.75, 3.05) is 0 Å². The van der Waals surface area contributed by atoms with Crippen molar-refractivity contribution >= 4 is 10.8 Å². The van der Waals surface area contributed by atoms with Gasteiger partial charge in [0, 0.05) is 16.5 Å². The van der Waals surface area contributed by atoms with E-state index in [1.165, 1.54) is 63.4 Å². The minimum atomic E-state index is -0.0843. The van der Waals surface area contributed by atoms with Crippen LogP contribution in [-0.4, -0.2) is 0 Å². The fourth-order valence-corrected chi connectivity index (χ4v) is 5.45. The number of unbranched alkanes of at least 4 members (excludes halogenated alkanes) is 1. The Kier molecular flexibility index (Phi) is 8.81. The Morgan fingerprint density at radius 1 is 0.735 bits per heavy atom. The fraction of sp³-hybridized carbons (Fsp3) is 0.455. The summed E-state index contributed by atoms with van der Waals surface area (Å²) in [5.74, 6) is 8.36. The van der Waals surface area contributed by atoms with Crippen LogP contribution in [0.15, 0.2) is 54.6 Å². The van der Waals surface area contributed by atoms with Gasteiger partial charge in [-0.15, -0.1) is 0 Å². The van der Waals surface area contributed by atoms with Crippen molar-refractivity contribution in [1.29, 1.82) is 0 Å². The SMILES string of the molecule is CCCCC1CCC(CCc2ccc(C#Cc3ccc4c(F)c(CCC)ccc4c3)cc2)CC1. The number of hydrogen-bond acceptors (Lipinski definition) is 0. The van der Waals surface area contributed by atoms with Crippen molar-refractivity contribution < 1.29 is 4.39 Å². The number of aryl methyl sites for hydroxylation is 2. The van der Waals surface area contributed by atoms with Crippen LogP contribution in [0.1, 0.15) is 93.9 Å². The summed E-state index contributed by atoms with van der Waals surface area (Å²) in [6.07, 6.45) is 14.1. The molecule has 0 radical (unpaired) electrons. The summed E-state index contributed by atoms with van der Waals surface area (Å²) in [7, 11) is 0. The maximum atomic E-state index is 14.7. The van der Waals surface area contributed by atoms with Gasteiger partial charge in [0.2, 0.25) is 0 Å². The van der Waals surface area contributed by atoms with E-state index in [1.807, 2.05) is 30.3 Å². The zero-order valence-electron chi connectivity index (χ0n) is 21.0. The van der Waals surface area contributed by atoms with Crippen LogP contribution >= 0.6 is 0 Å². The predicted molar refractivity (Wildman–Crippen MR) is 144 cm³/mol. The van der Waals surface area contributed by atoms with Gasteiger partial charge >= 0.3 is 0 Å². The molecule has 0 aromatic heterocycles. The van der Waals surface area contributed by atoms with Crippen LogP contribution < -0.4 is 0 Å². The molecule has 0 unspecified atom stereocenters. The lowest BCUT2D eigenvalue weighted by Gasteiger charge is -2.28. The topological polar surface area (TPSA) is 0 Å². The summed E-state index contributed by atoms with van der Waals surface area (Å²) in [6, 6.07) is 18.5. The van der Waals surface area contributed by atoms with Crippen LogP contribution in [0.5, 0.6) is 0 Å². The number of rotatable bonds is 8. The van der Waals surface area contributed by atoms with Crippen molar-refractivity contribution in [3.8, 4) is 11.8 Å². The van der Waals surface area contributed by atoms with E-state index in [-0.39, 0.29) is 5.82 Å². The molecule has 0 amide bonds. The maximum Gasteiger partial charge on any atom is 0.134 e. The minimum Gasteiger partial charge on any atom is -0.206 e. The van der Waals surface area contributed by atoms with Crippen LogP contribution in [-0.2, 0) is 12.8 Å². The number of benzene rings is 3. The first kappa shape index (κ1) is 24.5. The molecule has 3 aromatic rings. The van der Waals surface area contributed by atoms with E-state index in [1.54, 1.807) is 0 Å². The molecule has 0 atom stereocenters. The summed E-state index contributed by atoms with van der Waals surface area (Å²) in [5, 5.41) is 1.61. The Labute approximate surface area is 206 Å². The molecule has 34 heavy (non-hydrogen) atoms. The van der Waals surface area contributed by atoms with E-state index in [9.17, 15) is 4.39 Å². The summed E-state index contributed by atoms with van der Waals surface area (Å²) in [4.78, 5) is 0. The van der Waals surface area contributed by atoms with Gasteiger partial charge in [-0.3, -0.25) is 0 Å². The molecule has 1 fully saturated rings. The Bertz CT molecular complexity index is 1120. The van der Waals surface area contributed by atoms with E-state index < -0.39 is 0 Å². The maximum absolute atomic E-state index is 14.7. The molecule has 0 saturated heterocycles. The molecule has 178 valence electrons. The lowest BCUT2D eigenvalue weighted by Crippen LogP contribution is -2.15. The van der Waals surface area contributed by atoms with E-state index in [0.29, 0.717) is 5.39 Å². The lowest BCUT2D eigenvalue weighted by molar-refractivity contribution is 0.250. The molecule has 0 nitrogen and oxygen atoms in total. The third-order valence-electron chi connectivity index (χ3n) is 7.63. The summed E-state index contributed by atoms with van der Waals surface area (Å²) in [5.41, 5.74) is 4.18. The first-order chi connectivity index (χ1) is 16.7. The Morgan fingerprint density at radius 2 is 1.41 bits per heavy atom. The van der Waals surface area contributed by atoms with Gasteiger partial charge in [0.05, 0.1) is 0 Å². The monoisotopic (exact) mass is 454 g/mol. The second-order valence-electron chi connectivity index (χ2n) is 10.2. The number of fused-ring (bicyclic) bond motifs is 1. The number of hydrogen-bond donors (Lipinski definition) is 0. The minimum absolute atomic E-state index is 0.0843. The summed E-state index contributed by atoms with van der Waals surface area (Å²) < 4.78 is 14.7. The van der Waals surface area contributed by atoms with Crippen molar-refractivity contribution in [3.63, 3.8) is 0 Å². The van der Waals surface area contributed by atoms with Crippen molar-refractivity contribution in [2.24, 2.45) is 11.8 Å². The van der Waals surface area contributed by atoms with Crippen LogP contribution in [0.3, 0.4) is 0 Å². The lowest BCUT2D eigenvalue weighted by atomic mass is 9.78. The molecule has 1 saturated carbocycles. The summed E-state index contributed by atoms with van der Waals surface area (Å²) >= 11 is 0. The molecule has 0 heterocycles. The van der Waals surface area contributed by atoms with Crippen LogP contribution in [0.2, 0.25) is 0 Å². The molecule has 0 bridgehead atoms. The predicted octanol–water partition coefficient (Wildman–Crippen LogP) is 9.26. The fourth-order valence-electron chi connectivity index (χ4n) is 5.45. The van der Waals surface area contributed by atoms with Crippen LogP contribution in [0, 0.1) is 29.5 Å². The van der Waals surface area contributed by atoms with E-state index in [4.69, 9.17) is 0 Å². The quantitative estimate of drug-likeness (QED) is 0.297. The third-order valence-corrected chi connectivity index (χ3v) is 7.63. The highest BCUT2D eigenvalue weighted by atomic mass is 19.1. The first-order valence-corrected chi connectivity index (χ1v) is 13.5. The van der Waals surface area contributed by atoms with Gasteiger partial charge in [-0.2, -0.15) is 0 Å². The summed E-state index contributed by atoms with van der Waals surface area (Å²) in [6.45, 7) is 4.38. The molecule has 4 rings (SSSR count). The first-order valence-electron chi connectivity index (χ1n) is 13.5. The normalized spacial score (nSPS) is 18.0. The number of halogens is 1.